The number of imidazole rings is 1. The predicted molar refractivity (Wildman–Crippen MR) is 124 cm³/mol. The van der Waals surface area contributed by atoms with Crippen molar-refractivity contribution >= 4 is 5.97 Å². The minimum Gasteiger partial charge on any atom is -0.478 e. The molecule has 33 heavy (non-hydrogen) atoms. The van der Waals surface area contributed by atoms with Crippen LogP contribution in [0.25, 0.3) is 11.1 Å². The Morgan fingerprint density at radius 1 is 1.00 bits per heavy atom. The molecule has 6 heteroatoms. The van der Waals surface area contributed by atoms with E-state index in [4.69, 9.17) is 9.47 Å². The van der Waals surface area contributed by atoms with E-state index in [1.807, 2.05) is 53.2 Å². The first-order valence-corrected chi connectivity index (χ1v) is 10.9. The predicted octanol–water partition coefficient (Wildman–Crippen LogP) is 4.76. The summed E-state index contributed by atoms with van der Waals surface area (Å²) in [7, 11) is 0. The van der Waals surface area contributed by atoms with E-state index in [1.165, 1.54) is 0 Å². The summed E-state index contributed by atoms with van der Waals surface area (Å²) in [6.45, 7) is 0.803. The van der Waals surface area contributed by atoms with Crippen molar-refractivity contribution in [2.75, 3.05) is 6.61 Å². The van der Waals surface area contributed by atoms with Crippen molar-refractivity contribution in [3.63, 3.8) is 0 Å². The number of benzene rings is 3. The third-order valence-corrected chi connectivity index (χ3v) is 5.94. The van der Waals surface area contributed by atoms with Crippen molar-refractivity contribution in [2.45, 2.75) is 24.9 Å². The highest BCUT2D eigenvalue weighted by Gasteiger charge is 2.44. The van der Waals surface area contributed by atoms with Crippen LogP contribution in [-0.2, 0) is 28.2 Å². The smallest absolute Gasteiger partial charge is 0.335 e. The summed E-state index contributed by atoms with van der Waals surface area (Å²) in [5.74, 6) is -1.93. The van der Waals surface area contributed by atoms with Gasteiger partial charge in [0, 0.05) is 24.4 Å². The third-order valence-electron chi connectivity index (χ3n) is 5.94. The summed E-state index contributed by atoms with van der Waals surface area (Å²) >= 11 is 0. The molecular formula is C27H24N2O4. The van der Waals surface area contributed by atoms with Crippen LogP contribution < -0.4 is 0 Å². The molecule has 1 aromatic heterocycles. The monoisotopic (exact) mass is 440 g/mol. The molecule has 1 aliphatic rings. The zero-order chi connectivity index (χ0) is 22.7. The normalized spacial score (nSPS) is 20.1. The number of carbonyl (C=O) groups is 1. The Morgan fingerprint density at radius 3 is 2.45 bits per heavy atom. The zero-order valence-electron chi connectivity index (χ0n) is 18.0. The van der Waals surface area contributed by atoms with Crippen LogP contribution in [0.2, 0.25) is 0 Å². The van der Waals surface area contributed by atoms with Crippen molar-refractivity contribution < 1.29 is 19.4 Å². The average Bonchev–Trinajstić information content (AvgIpc) is 3.51. The highest BCUT2D eigenvalue weighted by Crippen LogP contribution is 2.38. The molecule has 1 fully saturated rings. The van der Waals surface area contributed by atoms with Gasteiger partial charge in [0.2, 0.25) is 5.79 Å². The second kappa shape index (κ2) is 9.02. The average molecular weight is 440 g/mol. The van der Waals surface area contributed by atoms with Gasteiger partial charge >= 0.3 is 5.97 Å². The standard InChI is InChI=1S/C27H24N2O4/c30-26(31)25-9-5-4-8-22(25)16-24-17-32-27(33-24,18-29-15-14-28-19-29)23-12-10-21(11-13-23)20-6-2-1-3-7-20/h1-15,19,24H,16-18H2,(H,30,31). The van der Waals surface area contributed by atoms with Gasteiger partial charge in [-0.05, 0) is 22.8 Å². The Hall–Kier alpha value is -3.74. The van der Waals surface area contributed by atoms with Crippen LogP contribution in [0.3, 0.4) is 0 Å². The molecule has 2 unspecified atom stereocenters. The van der Waals surface area contributed by atoms with Crippen molar-refractivity contribution in [3.05, 3.63) is 114 Å². The molecule has 5 rings (SSSR count). The molecule has 0 aliphatic carbocycles. The fourth-order valence-electron chi connectivity index (χ4n) is 4.31. The second-order valence-corrected chi connectivity index (χ2v) is 8.15. The second-order valence-electron chi connectivity index (χ2n) is 8.15. The maximum absolute atomic E-state index is 11.6. The molecule has 0 amide bonds. The van der Waals surface area contributed by atoms with Gasteiger partial charge in [0.25, 0.3) is 0 Å². The van der Waals surface area contributed by atoms with E-state index in [0.29, 0.717) is 25.1 Å². The van der Waals surface area contributed by atoms with Crippen LogP contribution in [0.1, 0.15) is 21.5 Å². The Morgan fingerprint density at radius 2 is 1.73 bits per heavy atom. The van der Waals surface area contributed by atoms with E-state index >= 15 is 0 Å². The lowest BCUT2D eigenvalue weighted by Crippen LogP contribution is -2.33. The van der Waals surface area contributed by atoms with Crippen molar-refractivity contribution in [3.8, 4) is 11.1 Å². The number of carboxylic acid groups (broad SMARTS) is 1. The SMILES string of the molecule is O=C(O)c1ccccc1CC1COC(Cn2ccnc2)(c2ccc(-c3ccccc3)cc2)O1. The van der Waals surface area contributed by atoms with Crippen LogP contribution in [0, 0.1) is 0 Å². The molecule has 166 valence electrons. The maximum Gasteiger partial charge on any atom is 0.335 e. The van der Waals surface area contributed by atoms with Crippen molar-refractivity contribution in [1.29, 1.82) is 0 Å². The molecule has 0 spiro atoms. The number of rotatable bonds is 7. The number of carboxylic acids is 1. The molecule has 1 saturated heterocycles. The van der Waals surface area contributed by atoms with E-state index in [1.54, 1.807) is 24.7 Å². The lowest BCUT2D eigenvalue weighted by molar-refractivity contribution is -0.186. The van der Waals surface area contributed by atoms with Gasteiger partial charge in [-0.1, -0.05) is 72.8 Å². The lowest BCUT2D eigenvalue weighted by atomic mass is 9.99. The molecule has 4 aromatic rings. The number of ether oxygens (including phenoxy) is 2. The quantitative estimate of drug-likeness (QED) is 0.449. The van der Waals surface area contributed by atoms with E-state index in [0.717, 1.165) is 22.3 Å². The Labute approximate surface area is 192 Å². The number of nitrogens with zero attached hydrogens (tertiary/aromatic N) is 2. The molecule has 0 bridgehead atoms. The Bertz CT molecular complexity index is 1220. The van der Waals surface area contributed by atoms with Gasteiger partial charge in [-0.15, -0.1) is 0 Å². The molecule has 1 N–H and O–H groups in total. The van der Waals surface area contributed by atoms with Crippen LogP contribution in [0.5, 0.6) is 0 Å². The maximum atomic E-state index is 11.6. The van der Waals surface area contributed by atoms with Gasteiger partial charge in [0.15, 0.2) is 0 Å². The Balaban J connectivity index is 1.43. The molecule has 0 radical (unpaired) electrons. The highest BCUT2D eigenvalue weighted by atomic mass is 16.7. The topological polar surface area (TPSA) is 73.6 Å². The lowest BCUT2D eigenvalue weighted by Gasteiger charge is -2.29. The molecule has 6 nitrogen and oxygen atoms in total. The summed E-state index contributed by atoms with van der Waals surface area (Å²) in [6.07, 6.45) is 5.51. The van der Waals surface area contributed by atoms with E-state index < -0.39 is 11.8 Å². The van der Waals surface area contributed by atoms with Gasteiger partial charge in [0.05, 0.1) is 31.1 Å². The zero-order valence-corrected chi connectivity index (χ0v) is 18.0. The molecule has 0 saturated carbocycles. The van der Waals surface area contributed by atoms with E-state index in [-0.39, 0.29) is 6.10 Å². The number of aromatic carboxylic acids is 1. The number of aromatic nitrogens is 2. The molecule has 3 aromatic carbocycles. The van der Waals surface area contributed by atoms with Crippen LogP contribution >= 0.6 is 0 Å². The summed E-state index contributed by atoms with van der Waals surface area (Å²) in [4.78, 5) is 15.8. The summed E-state index contributed by atoms with van der Waals surface area (Å²) in [6, 6.07) is 25.4. The van der Waals surface area contributed by atoms with Gasteiger partial charge in [-0.3, -0.25) is 0 Å². The molecular weight excluding hydrogens is 416 g/mol. The first-order chi connectivity index (χ1) is 16.1. The Kier molecular flexibility index (Phi) is 5.77. The molecule has 2 atom stereocenters. The third kappa shape index (κ3) is 4.44. The fraction of sp³-hybridized carbons (Fsp3) is 0.185. The van der Waals surface area contributed by atoms with Crippen molar-refractivity contribution in [2.24, 2.45) is 0 Å². The summed E-state index contributed by atoms with van der Waals surface area (Å²) in [5, 5.41) is 9.53. The van der Waals surface area contributed by atoms with Gasteiger partial charge in [-0.25, -0.2) is 9.78 Å². The highest BCUT2D eigenvalue weighted by molar-refractivity contribution is 5.89. The minimum atomic E-state index is -0.987. The fourth-order valence-corrected chi connectivity index (χ4v) is 4.31. The van der Waals surface area contributed by atoms with E-state index in [2.05, 4.69) is 29.2 Å². The van der Waals surface area contributed by atoms with Crippen molar-refractivity contribution in [1.82, 2.24) is 9.55 Å². The first kappa shape index (κ1) is 21.1. The van der Waals surface area contributed by atoms with Crippen LogP contribution in [0.15, 0.2) is 97.6 Å². The molecule has 2 heterocycles. The summed E-state index contributed by atoms with van der Waals surface area (Å²) < 4.78 is 14.8. The minimum absolute atomic E-state index is 0.275. The van der Waals surface area contributed by atoms with Crippen LogP contribution in [0.4, 0.5) is 0 Å². The van der Waals surface area contributed by atoms with Gasteiger partial charge in [-0.2, -0.15) is 0 Å². The molecule has 1 aliphatic heterocycles. The van der Waals surface area contributed by atoms with Gasteiger partial charge < -0.3 is 19.1 Å². The number of hydrogen-bond acceptors (Lipinski definition) is 4. The number of hydrogen-bond donors (Lipinski definition) is 1. The van der Waals surface area contributed by atoms with Crippen LogP contribution in [-0.4, -0.2) is 33.3 Å². The van der Waals surface area contributed by atoms with Gasteiger partial charge in [0.1, 0.15) is 0 Å². The largest absolute Gasteiger partial charge is 0.478 e. The van der Waals surface area contributed by atoms with E-state index in [9.17, 15) is 9.90 Å². The summed E-state index contributed by atoms with van der Waals surface area (Å²) in [5.41, 5.74) is 4.19. The first-order valence-electron chi connectivity index (χ1n) is 10.9.